The molecule has 0 unspecified atom stereocenters. The van der Waals surface area contributed by atoms with Gasteiger partial charge in [-0.3, -0.25) is 0 Å². The molecule has 1 fully saturated rings. The van der Waals surface area contributed by atoms with Gasteiger partial charge in [0.05, 0.1) is 60.3 Å². The van der Waals surface area contributed by atoms with E-state index in [1.807, 2.05) is 22.8 Å². The molecule has 4 heterocycles. The number of carbonyl (C=O) groups excluding carboxylic acids is 1. The zero-order chi connectivity index (χ0) is 31.6. The van der Waals surface area contributed by atoms with E-state index in [-0.39, 0.29) is 19.1 Å². The number of hydrogen-bond donors (Lipinski definition) is 0. The van der Waals surface area contributed by atoms with Crippen LogP contribution in [0.25, 0.3) is 22.3 Å². The quantitative estimate of drug-likeness (QED) is 0.215. The molecule has 0 radical (unpaired) electrons. The highest BCUT2D eigenvalue weighted by atomic mass is 19.1. The van der Waals surface area contributed by atoms with E-state index >= 15 is 4.39 Å². The highest BCUT2D eigenvalue weighted by molar-refractivity contribution is 5.93. The summed E-state index contributed by atoms with van der Waals surface area (Å²) in [6.07, 6.45) is 2.49. The molecule has 10 heteroatoms. The van der Waals surface area contributed by atoms with Gasteiger partial charge in [0.25, 0.3) is 0 Å². The number of esters is 1. The molecule has 0 amide bonds. The number of carbonyl (C=O) groups is 1. The van der Waals surface area contributed by atoms with E-state index in [4.69, 9.17) is 23.9 Å². The number of rotatable bonds is 5. The molecule has 6 bridgehead atoms. The fourth-order valence-corrected chi connectivity index (χ4v) is 5.92. The summed E-state index contributed by atoms with van der Waals surface area (Å²) in [5.74, 6) is 0.695. The van der Waals surface area contributed by atoms with Crippen molar-refractivity contribution in [2.75, 3.05) is 20.3 Å². The molecule has 3 aromatic carbocycles. The minimum absolute atomic E-state index is 0.0211. The summed E-state index contributed by atoms with van der Waals surface area (Å²) in [5.41, 5.74) is 5.70. The second-order valence-corrected chi connectivity index (χ2v) is 11.4. The van der Waals surface area contributed by atoms with E-state index in [0.29, 0.717) is 83.5 Å². The van der Waals surface area contributed by atoms with Crippen LogP contribution in [-0.2, 0) is 35.5 Å². The van der Waals surface area contributed by atoms with Crippen LogP contribution in [0.4, 0.5) is 4.39 Å². The number of methoxy groups -OCH3 is 1. The maximum Gasteiger partial charge on any atom is 0.337 e. The van der Waals surface area contributed by atoms with Crippen LogP contribution < -0.4 is 9.47 Å². The van der Waals surface area contributed by atoms with Gasteiger partial charge in [-0.2, -0.15) is 5.26 Å². The average Bonchev–Trinajstić information content (AvgIpc) is 3.39. The molecule has 0 spiro atoms. The third-order valence-electron chi connectivity index (χ3n) is 8.45. The molecule has 0 saturated carbocycles. The van der Waals surface area contributed by atoms with Gasteiger partial charge in [0.15, 0.2) is 0 Å². The van der Waals surface area contributed by atoms with E-state index in [0.717, 1.165) is 23.1 Å². The molecular formula is C36H31FN4O5. The van der Waals surface area contributed by atoms with Gasteiger partial charge in [-0.05, 0) is 72.9 Å². The maximum absolute atomic E-state index is 15.9. The third-order valence-corrected chi connectivity index (χ3v) is 8.45. The lowest BCUT2D eigenvalue weighted by atomic mass is 10.0. The molecule has 5 aromatic rings. The summed E-state index contributed by atoms with van der Waals surface area (Å²) in [7, 11) is 1.35. The van der Waals surface area contributed by atoms with Crippen LogP contribution in [-0.4, -0.2) is 46.9 Å². The second-order valence-electron chi connectivity index (χ2n) is 11.4. The topological polar surface area (TPSA) is 108 Å². The number of ether oxygens (including phenoxy) is 4. The first kappa shape index (κ1) is 29.4. The molecule has 0 N–H and O–H groups in total. The highest BCUT2D eigenvalue weighted by Crippen LogP contribution is 2.33. The van der Waals surface area contributed by atoms with Crippen molar-refractivity contribution >= 4 is 17.0 Å². The van der Waals surface area contributed by atoms with Crippen LogP contribution >= 0.6 is 0 Å². The molecule has 1 saturated heterocycles. The number of benzene rings is 3. The molecule has 232 valence electrons. The molecular weight excluding hydrogens is 587 g/mol. The molecule has 46 heavy (non-hydrogen) atoms. The van der Waals surface area contributed by atoms with Crippen molar-refractivity contribution in [3.63, 3.8) is 0 Å². The van der Waals surface area contributed by atoms with E-state index in [1.165, 1.54) is 13.2 Å². The number of nitriles is 1. The Morgan fingerprint density at radius 1 is 1.09 bits per heavy atom. The normalized spacial score (nSPS) is 15.8. The van der Waals surface area contributed by atoms with Crippen LogP contribution in [0.5, 0.6) is 11.6 Å². The molecule has 7 rings (SSSR count). The van der Waals surface area contributed by atoms with Gasteiger partial charge in [0.1, 0.15) is 24.0 Å². The fourth-order valence-electron chi connectivity index (χ4n) is 5.92. The lowest BCUT2D eigenvalue weighted by Gasteiger charge is -2.27. The Hall–Kier alpha value is -5.27. The zero-order valence-corrected chi connectivity index (χ0v) is 25.3. The van der Waals surface area contributed by atoms with Gasteiger partial charge in [-0.25, -0.2) is 19.2 Å². The van der Waals surface area contributed by atoms with Gasteiger partial charge in [0, 0.05) is 30.2 Å². The summed E-state index contributed by atoms with van der Waals surface area (Å²) in [6.45, 7) is 1.87. The van der Waals surface area contributed by atoms with Gasteiger partial charge in [-0.1, -0.05) is 18.2 Å². The largest absolute Gasteiger partial charge is 0.493 e. The Morgan fingerprint density at radius 3 is 2.78 bits per heavy atom. The predicted octanol–water partition coefficient (Wildman–Crippen LogP) is 6.18. The van der Waals surface area contributed by atoms with Gasteiger partial charge in [-0.15, -0.1) is 0 Å². The van der Waals surface area contributed by atoms with E-state index in [2.05, 4.69) is 11.1 Å². The van der Waals surface area contributed by atoms with Crippen LogP contribution in [0, 0.1) is 17.1 Å². The standard InChI is InChI=1S/C36H31FN4O5/c1-43-36(42)24-9-10-31-32(16-24)41(20-27-11-13-44-27)34(39-31)17-26-15-29(37)28-18-33(26)45-12-3-4-23-14-22(7-8-25(23)19-38)21-46-35-6-2-5-30(28)40-35/h2,5-10,14-16,18,27H,3-4,11-13,17,20-21H2,1H3/t27-/m0/s1. The molecule has 1 atom stereocenters. The Balaban J connectivity index is 1.28. The summed E-state index contributed by atoms with van der Waals surface area (Å²) in [6, 6.07) is 21.6. The molecule has 2 aliphatic rings. The number of imidazole rings is 1. The Bertz CT molecular complexity index is 2000. The van der Waals surface area contributed by atoms with Crippen molar-refractivity contribution in [1.82, 2.24) is 14.5 Å². The SMILES string of the molecule is COC(=O)c1ccc2nc(Cc3cc(F)c4cc3OCCCc3cc(ccc3C#N)COc3cccc-4n3)n(C[C@@H]3CCO3)c2c1. The first-order valence-electron chi connectivity index (χ1n) is 15.3. The van der Waals surface area contributed by atoms with Gasteiger partial charge >= 0.3 is 5.97 Å². The Kier molecular flexibility index (Phi) is 8.07. The van der Waals surface area contributed by atoms with Crippen molar-refractivity contribution < 1.29 is 28.1 Å². The van der Waals surface area contributed by atoms with Crippen LogP contribution in [0.3, 0.4) is 0 Å². The fraction of sp³-hybridized carbons (Fsp3) is 0.278. The van der Waals surface area contributed by atoms with Crippen LogP contribution in [0.2, 0.25) is 0 Å². The lowest BCUT2D eigenvalue weighted by molar-refractivity contribution is -0.0589. The minimum atomic E-state index is -0.445. The lowest BCUT2D eigenvalue weighted by Crippen LogP contribution is -2.31. The maximum atomic E-state index is 15.9. The number of fused-ring (bicyclic) bond motifs is 8. The number of nitrogens with zero attached hydrogens (tertiary/aromatic N) is 4. The van der Waals surface area contributed by atoms with E-state index < -0.39 is 11.8 Å². The van der Waals surface area contributed by atoms with Crippen molar-refractivity contribution in [3.8, 4) is 29.0 Å². The first-order chi connectivity index (χ1) is 22.5. The summed E-state index contributed by atoms with van der Waals surface area (Å²) >= 11 is 0. The predicted molar refractivity (Wildman–Crippen MR) is 167 cm³/mol. The number of pyridine rings is 1. The second kappa shape index (κ2) is 12.6. The molecule has 2 aliphatic heterocycles. The number of aromatic nitrogens is 3. The van der Waals surface area contributed by atoms with E-state index in [9.17, 15) is 10.1 Å². The van der Waals surface area contributed by atoms with Crippen LogP contribution in [0.1, 0.15) is 51.3 Å². The Labute approximate surface area is 265 Å². The van der Waals surface area contributed by atoms with Crippen molar-refractivity contribution in [1.29, 1.82) is 5.26 Å². The molecule has 9 nitrogen and oxygen atoms in total. The van der Waals surface area contributed by atoms with Gasteiger partial charge in [0.2, 0.25) is 5.88 Å². The highest BCUT2D eigenvalue weighted by Gasteiger charge is 2.24. The number of hydrogen-bond acceptors (Lipinski definition) is 8. The van der Waals surface area contributed by atoms with Crippen molar-refractivity contribution in [2.24, 2.45) is 0 Å². The average molecular weight is 619 g/mol. The third kappa shape index (κ3) is 5.89. The summed E-state index contributed by atoms with van der Waals surface area (Å²) in [5, 5.41) is 9.67. The Morgan fingerprint density at radius 2 is 1.98 bits per heavy atom. The monoisotopic (exact) mass is 618 g/mol. The van der Waals surface area contributed by atoms with Crippen molar-refractivity contribution in [3.05, 3.63) is 106 Å². The number of halogens is 1. The van der Waals surface area contributed by atoms with Gasteiger partial charge < -0.3 is 23.5 Å². The summed E-state index contributed by atoms with van der Waals surface area (Å²) in [4.78, 5) is 21.8. The minimum Gasteiger partial charge on any atom is -0.493 e. The molecule has 0 aliphatic carbocycles. The zero-order valence-electron chi connectivity index (χ0n) is 25.3. The number of aryl methyl sites for hydroxylation is 1. The van der Waals surface area contributed by atoms with Crippen LogP contribution in [0.15, 0.2) is 66.7 Å². The first-order valence-corrected chi connectivity index (χ1v) is 15.3. The molecule has 2 aromatic heterocycles. The summed E-state index contributed by atoms with van der Waals surface area (Å²) < 4.78 is 41.0. The van der Waals surface area contributed by atoms with E-state index in [1.54, 1.807) is 42.5 Å². The van der Waals surface area contributed by atoms with Crippen molar-refractivity contribution in [2.45, 2.75) is 44.9 Å². The smallest absolute Gasteiger partial charge is 0.337 e.